The second kappa shape index (κ2) is 9.77. The van der Waals surface area contributed by atoms with Crippen molar-refractivity contribution in [3.63, 3.8) is 0 Å². The number of nitrogens with one attached hydrogen (secondary N) is 1. The van der Waals surface area contributed by atoms with Gasteiger partial charge in [-0.25, -0.2) is 0 Å². The smallest absolute Gasteiger partial charge is 0.426 e. The molecule has 4 heterocycles. The summed E-state index contributed by atoms with van der Waals surface area (Å²) >= 11 is 0.587. The number of amides is 2. The summed E-state index contributed by atoms with van der Waals surface area (Å²) in [6.07, 6.45) is -0.967. The first kappa shape index (κ1) is 23.0. The molecule has 33 heavy (non-hydrogen) atoms. The van der Waals surface area contributed by atoms with Gasteiger partial charge in [-0.1, -0.05) is 5.16 Å². The molecule has 0 bridgehead atoms. The number of piperidine rings is 1. The summed E-state index contributed by atoms with van der Waals surface area (Å²) in [4.78, 5) is 29.4. The molecule has 8 nitrogen and oxygen atoms in total. The van der Waals surface area contributed by atoms with Crippen molar-refractivity contribution < 1.29 is 31.7 Å². The Bertz CT molecular complexity index is 1090. The summed E-state index contributed by atoms with van der Waals surface area (Å²) in [5.41, 5.74) is -0.106. The van der Waals surface area contributed by atoms with Crippen molar-refractivity contribution in [2.24, 2.45) is 5.92 Å². The van der Waals surface area contributed by atoms with Gasteiger partial charge in [-0.15, -0.1) is 11.3 Å². The maximum atomic E-state index is 13.1. The van der Waals surface area contributed by atoms with Crippen molar-refractivity contribution in [3.8, 4) is 11.5 Å². The molecule has 4 rings (SSSR count). The van der Waals surface area contributed by atoms with Crippen molar-refractivity contribution in [1.82, 2.24) is 20.4 Å². The summed E-state index contributed by atoms with van der Waals surface area (Å²) in [7, 11) is 0. The zero-order valence-corrected chi connectivity index (χ0v) is 18.2. The second-order valence-electron chi connectivity index (χ2n) is 7.69. The van der Waals surface area contributed by atoms with Gasteiger partial charge >= 0.3 is 6.18 Å². The highest BCUT2D eigenvalue weighted by atomic mass is 32.1. The number of thiophene rings is 1. The Morgan fingerprint density at radius 1 is 1.24 bits per heavy atom. The van der Waals surface area contributed by atoms with Gasteiger partial charge in [0.15, 0.2) is 11.6 Å². The summed E-state index contributed by atoms with van der Waals surface area (Å²) in [5, 5.41) is 7.84. The summed E-state index contributed by atoms with van der Waals surface area (Å²) in [6, 6.07) is 4.48. The lowest BCUT2D eigenvalue weighted by atomic mass is 9.93. The molecule has 2 amide bonds. The number of likely N-dealkylation sites (tertiary alicyclic amines) is 1. The summed E-state index contributed by atoms with van der Waals surface area (Å²) < 4.78 is 49.4. The Morgan fingerprint density at radius 3 is 2.73 bits per heavy atom. The predicted molar refractivity (Wildman–Crippen MR) is 111 cm³/mol. The topological polar surface area (TPSA) is 101 Å². The molecule has 0 atom stereocenters. The lowest BCUT2D eigenvalue weighted by Gasteiger charge is -2.31. The van der Waals surface area contributed by atoms with Crippen LogP contribution in [0.2, 0.25) is 0 Å². The lowest BCUT2D eigenvalue weighted by molar-refractivity contribution is -0.134. The Labute approximate surface area is 190 Å². The van der Waals surface area contributed by atoms with Crippen LogP contribution in [0.3, 0.4) is 0 Å². The molecule has 3 aromatic rings. The van der Waals surface area contributed by atoms with Crippen molar-refractivity contribution in [2.75, 3.05) is 19.6 Å². The molecule has 1 N–H and O–H groups in total. The van der Waals surface area contributed by atoms with Crippen LogP contribution in [-0.2, 0) is 17.4 Å². The molecular weight excluding hydrogens is 461 g/mol. The van der Waals surface area contributed by atoms with Crippen LogP contribution in [0.1, 0.15) is 40.5 Å². The number of aromatic nitrogens is 2. The van der Waals surface area contributed by atoms with E-state index in [1.165, 1.54) is 17.7 Å². The minimum atomic E-state index is -4.47. The van der Waals surface area contributed by atoms with E-state index in [2.05, 4.69) is 15.5 Å². The van der Waals surface area contributed by atoms with Crippen molar-refractivity contribution in [3.05, 3.63) is 46.3 Å². The Morgan fingerprint density at radius 2 is 2.03 bits per heavy atom. The highest BCUT2D eigenvalue weighted by molar-refractivity contribution is 7.10. The number of carbonyl (C=O) groups excluding carboxylic acids is 2. The third-order valence-corrected chi connectivity index (χ3v) is 6.39. The zero-order chi connectivity index (χ0) is 23.4. The molecular formula is C21H21F3N4O4S. The quantitative estimate of drug-likeness (QED) is 0.546. The van der Waals surface area contributed by atoms with Gasteiger partial charge < -0.3 is 19.2 Å². The third-order valence-electron chi connectivity index (χ3n) is 5.43. The van der Waals surface area contributed by atoms with Crippen molar-refractivity contribution in [2.45, 2.75) is 31.9 Å². The van der Waals surface area contributed by atoms with Crippen LogP contribution in [0.25, 0.3) is 11.5 Å². The molecule has 1 fully saturated rings. The minimum Gasteiger partial charge on any atom is -0.459 e. The maximum absolute atomic E-state index is 13.1. The third kappa shape index (κ3) is 5.62. The largest absolute Gasteiger partial charge is 0.459 e. The van der Waals surface area contributed by atoms with E-state index < -0.39 is 11.1 Å². The molecule has 0 aliphatic carbocycles. The average molecular weight is 482 g/mol. The highest BCUT2D eigenvalue weighted by Gasteiger charge is 2.37. The molecule has 3 aromatic heterocycles. The number of hydrogen-bond acceptors (Lipinski definition) is 7. The molecule has 1 aliphatic rings. The Hall–Kier alpha value is -3.15. The average Bonchev–Trinajstić information content (AvgIpc) is 3.54. The summed E-state index contributed by atoms with van der Waals surface area (Å²) in [6.45, 7) is 1.33. The molecule has 0 aromatic carbocycles. The maximum Gasteiger partial charge on any atom is 0.426 e. The van der Waals surface area contributed by atoms with Crippen LogP contribution in [0.4, 0.5) is 13.2 Å². The van der Waals surface area contributed by atoms with Gasteiger partial charge in [-0.05, 0) is 42.3 Å². The number of alkyl halides is 3. The zero-order valence-electron chi connectivity index (χ0n) is 17.4. The number of rotatable bonds is 7. The van der Waals surface area contributed by atoms with Gasteiger partial charge in [0.1, 0.15) is 4.88 Å². The SMILES string of the molecule is O=C(NCCC(=O)N1CCC(Cc2noc(-c3ccsc3C(F)(F)F)n2)CC1)c1ccco1. The number of nitrogens with zero attached hydrogens (tertiary/aromatic N) is 3. The van der Waals surface area contributed by atoms with E-state index in [1.807, 2.05) is 0 Å². The fourth-order valence-electron chi connectivity index (χ4n) is 3.72. The molecule has 176 valence electrons. The fraction of sp³-hybridized carbons (Fsp3) is 0.429. The predicted octanol–water partition coefficient (Wildman–Crippen LogP) is 4.01. The molecule has 0 unspecified atom stereocenters. The van der Waals surface area contributed by atoms with Crippen molar-refractivity contribution in [1.29, 1.82) is 0 Å². The standard InChI is InChI=1S/C21H21F3N4O4S/c22-21(23,24)18-14(6-11-33-18)20-26-16(27-32-20)12-13-4-8-28(9-5-13)17(29)3-7-25-19(30)15-2-1-10-31-15/h1-2,6,10-11,13H,3-5,7-9,12H2,(H,25,30). The first-order chi connectivity index (χ1) is 15.8. The van der Waals surface area contributed by atoms with Crippen LogP contribution in [0.5, 0.6) is 0 Å². The number of furan rings is 1. The Balaban J connectivity index is 1.23. The number of carbonyl (C=O) groups is 2. The van der Waals surface area contributed by atoms with E-state index in [4.69, 9.17) is 8.94 Å². The van der Waals surface area contributed by atoms with Crippen LogP contribution in [-0.4, -0.2) is 46.5 Å². The molecule has 0 spiro atoms. The van der Waals surface area contributed by atoms with Gasteiger partial charge in [0.05, 0.1) is 11.8 Å². The molecule has 12 heteroatoms. The van der Waals surface area contributed by atoms with Crippen LogP contribution < -0.4 is 5.32 Å². The molecule has 1 saturated heterocycles. The highest BCUT2D eigenvalue weighted by Crippen LogP contribution is 2.40. The minimum absolute atomic E-state index is 0.0489. The fourth-order valence-corrected chi connectivity index (χ4v) is 4.48. The van der Waals surface area contributed by atoms with E-state index in [1.54, 1.807) is 17.0 Å². The number of halogens is 3. The van der Waals surface area contributed by atoms with E-state index in [0.717, 1.165) is 12.8 Å². The molecule has 0 radical (unpaired) electrons. The van der Waals surface area contributed by atoms with Gasteiger partial charge in [-0.2, -0.15) is 18.2 Å². The first-order valence-electron chi connectivity index (χ1n) is 10.4. The second-order valence-corrected chi connectivity index (χ2v) is 8.60. The van der Waals surface area contributed by atoms with E-state index in [-0.39, 0.29) is 47.9 Å². The van der Waals surface area contributed by atoms with Gasteiger partial charge in [0, 0.05) is 32.5 Å². The molecule has 1 aliphatic heterocycles. The molecule has 0 saturated carbocycles. The van der Waals surface area contributed by atoms with Crippen molar-refractivity contribution >= 4 is 23.2 Å². The lowest BCUT2D eigenvalue weighted by Crippen LogP contribution is -2.40. The van der Waals surface area contributed by atoms with Crippen LogP contribution in [0.15, 0.2) is 38.8 Å². The number of hydrogen-bond donors (Lipinski definition) is 1. The van der Waals surface area contributed by atoms with Crippen LogP contribution >= 0.6 is 11.3 Å². The monoisotopic (exact) mass is 482 g/mol. The van der Waals surface area contributed by atoms with Gasteiger partial charge in [-0.3, -0.25) is 9.59 Å². The normalized spacial score (nSPS) is 15.1. The van der Waals surface area contributed by atoms with Gasteiger partial charge in [0.2, 0.25) is 5.91 Å². The van der Waals surface area contributed by atoms with E-state index in [0.29, 0.717) is 36.7 Å². The van der Waals surface area contributed by atoms with E-state index in [9.17, 15) is 22.8 Å². The van der Waals surface area contributed by atoms with Gasteiger partial charge in [0.25, 0.3) is 11.8 Å². The Kier molecular flexibility index (Phi) is 6.82. The van der Waals surface area contributed by atoms with Crippen LogP contribution in [0, 0.1) is 5.92 Å². The first-order valence-corrected chi connectivity index (χ1v) is 11.3. The summed E-state index contributed by atoms with van der Waals surface area (Å²) in [5.74, 6) is 0.199. The van der Waals surface area contributed by atoms with E-state index >= 15 is 0 Å².